The van der Waals surface area contributed by atoms with Crippen LogP contribution in [0, 0.1) is 12.7 Å². The Balaban J connectivity index is 1.34. The maximum absolute atomic E-state index is 14.3. The molecule has 2 aromatic heterocycles. The number of amides is 1. The Hall–Kier alpha value is -3.39. The number of halogens is 4. The molecule has 1 atom stereocenters. The van der Waals surface area contributed by atoms with Gasteiger partial charge in [0.25, 0.3) is 5.91 Å². The number of nitrogens with one attached hydrogen (secondary N) is 2. The van der Waals surface area contributed by atoms with Gasteiger partial charge >= 0.3 is 6.36 Å². The predicted molar refractivity (Wildman–Crippen MR) is 127 cm³/mol. The maximum Gasteiger partial charge on any atom is 0.573 e. The van der Waals surface area contributed by atoms with Crippen molar-refractivity contribution < 1.29 is 31.8 Å². The van der Waals surface area contributed by atoms with Gasteiger partial charge in [0, 0.05) is 24.6 Å². The summed E-state index contributed by atoms with van der Waals surface area (Å²) in [6.07, 6.45) is -1.12. The number of ether oxygens (including phenoxy) is 2. The molecule has 1 fully saturated rings. The average Bonchev–Trinajstić information content (AvgIpc) is 3.27. The molecule has 0 bridgehead atoms. The molecule has 0 aliphatic heterocycles. The highest BCUT2D eigenvalue weighted by Gasteiger charge is 2.32. The molecular formula is C23H24F4N6O3S. The van der Waals surface area contributed by atoms with E-state index in [0.29, 0.717) is 11.0 Å². The maximum atomic E-state index is 14.3. The monoisotopic (exact) mass is 540 g/mol. The minimum atomic E-state index is -4.97. The SMILES string of the molecule is CO[C@@H](C(=O)Nc1nnc(N[C@H]2CC[C@H](c3cc(C)cnn3)CC2)s1)c1cc(OC(F)(F)F)ccc1F. The van der Waals surface area contributed by atoms with E-state index >= 15 is 0 Å². The lowest BCUT2D eigenvalue weighted by atomic mass is 9.84. The number of aryl methyl sites for hydroxylation is 1. The summed E-state index contributed by atoms with van der Waals surface area (Å²) in [4.78, 5) is 12.7. The Morgan fingerprint density at radius 3 is 2.51 bits per heavy atom. The molecule has 0 saturated heterocycles. The summed E-state index contributed by atoms with van der Waals surface area (Å²) in [7, 11) is 1.13. The van der Waals surface area contributed by atoms with Gasteiger partial charge in [0.05, 0.1) is 11.9 Å². The van der Waals surface area contributed by atoms with Gasteiger partial charge in [-0.15, -0.1) is 23.4 Å². The number of hydrogen-bond donors (Lipinski definition) is 2. The molecule has 0 spiro atoms. The summed E-state index contributed by atoms with van der Waals surface area (Å²) in [5.41, 5.74) is 1.66. The van der Waals surface area contributed by atoms with E-state index in [0.717, 1.165) is 73.6 Å². The minimum Gasteiger partial charge on any atom is -0.406 e. The van der Waals surface area contributed by atoms with Gasteiger partial charge in [-0.1, -0.05) is 11.3 Å². The zero-order valence-electron chi connectivity index (χ0n) is 19.9. The van der Waals surface area contributed by atoms with Crippen LogP contribution in [0.4, 0.5) is 27.8 Å². The molecule has 37 heavy (non-hydrogen) atoms. The van der Waals surface area contributed by atoms with Crippen molar-refractivity contribution in [3.8, 4) is 5.75 Å². The van der Waals surface area contributed by atoms with Crippen LogP contribution in [0.5, 0.6) is 5.75 Å². The lowest BCUT2D eigenvalue weighted by molar-refractivity contribution is -0.274. The Morgan fingerprint density at radius 1 is 1.11 bits per heavy atom. The molecular weight excluding hydrogens is 516 g/mol. The summed E-state index contributed by atoms with van der Waals surface area (Å²) in [6.45, 7) is 1.99. The Kier molecular flexibility index (Phi) is 8.17. The first-order valence-electron chi connectivity index (χ1n) is 11.4. The van der Waals surface area contributed by atoms with Crippen LogP contribution in [0.15, 0.2) is 30.5 Å². The van der Waals surface area contributed by atoms with Crippen LogP contribution in [0.1, 0.15) is 54.5 Å². The van der Waals surface area contributed by atoms with E-state index in [1.165, 1.54) is 0 Å². The zero-order valence-corrected chi connectivity index (χ0v) is 20.7. The number of alkyl halides is 3. The first-order valence-corrected chi connectivity index (χ1v) is 12.2. The van der Waals surface area contributed by atoms with E-state index < -0.39 is 35.5 Å². The molecule has 1 aliphatic rings. The Labute approximate surface area is 213 Å². The minimum absolute atomic E-state index is 0.126. The highest BCUT2D eigenvalue weighted by molar-refractivity contribution is 7.19. The number of nitrogens with zero attached hydrogens (tertiary/aromatic N) is 4. The van der Waals surface area contributed by atoms with Gasteiger partial charge in [-0.2, -0.15) is 10.2 Å². The van der Waals surface area contributed by atoms with E-state index in [9.17, 15) is 22.4 Å². The lowest BCUT2D eigenvalue weighted by Crippen LogP contribution is -2.25. The number of aromatic nitrogens is 4. The van der Waals surface area contributed by atoms with Crippen molar-refractivity contribution in [2.24, 2.45) is 0 Å². The molecule has 4 rings (SSSR count). The number of hydrogen-bond acceptors (Lipinski definition) is 9. The molecule has 1 saturated carbocycles. The van der Waals surface area contributed by atoms with Gasteiger partial charge in [0.1, 0.15) is 11.6 Å². The summed E-state index contributed by atoms with van der Waals surface area (Å²) < 4.78 is 60.8. The zero-order chi connectivity index (χ0) is 26.6. The number of carbonyl (C=O) groups excluding carboxylic acids is 1. The highest BCUT2D eigenvalue weighted by atomic mass is 32.1. The van der Waals surface area contributed by atoms with Crippen molar-refractivity contribution in [1.29, 1.82) is 0 Å². The van der Waals surface area contributed by atoms with Crippen LogP contribution in [0.25, 0.3) is 0 Å². The number of methoxy groups -OCH3 is 1. The van der Waals surface area contributed by atoms with E-state index in [2.05, 4.69) is 41.8 Å². The molecule has 198 valence electrons. The number of rotatable bonds is 8. The third-order valence-electron chi connectivity index (χ3n) is 5.90. The second-order valence-corrected chi connectivity index (χ2v) is 9.58. The summed E-state index contributed by atoms with van der Waals surface area (Å²) >= 11 is 1.08. The Bertz CT molecular complexity index is 1230. The van der Waals surface area contributed by atoms with E-state index in [4.69, 9.17) is 4.74 Å². The van der Waals surface area contributed by atoms with Gasteiger partial charge in [-0.05, 0) is 62.4 Å². The molecule has 1 aromatic carbocycles. The predicted octanol–water partition coefficient (Wildman–Crippen LogP) is 5.14. The molecule has 1 aliphatic carbocycles. The van der Waals surface area contributed by atoms with Crippen molar-refractivity contribution in [1.82, 2.24) is 20.4 Å². The first kappa shape index (κ1) is 26.7. The van der Waals surface area contributed by atoms with Gasteiger partial charge in [0.2, 0.25) is 10.3 Å². The highest BCUT2D eigenvalue weighted by Crippen LogP contribution is 2.34. The van der Waals surface area contributed by atoms with Crippen LogP contribution < -0.4 is 15.4 Å². The fourth-order valence-corrected chi connectivity index (χ4v) is 4.92. The molecule has 2 N–H and O–H groups in total. The molecule has 14 heteroatoms. The van der Waals surface area contributed by atoms with Gasteiger partial charge < -0.3 is 14.8 Å². The van der Waals surface area contributed by atoms with E-state index in [-0.39, 0.29) is 11.2 Å². The van der Waals surface area contributed by atoms with Gasteiger partial charge in [0.15, 0.2) is 6.10 Å². The molecule has 3 aromatic rings. The first-order chi connectivity index (χ1) is 17.6. The normalized spacial score (nSPS) is 18.8. The number of anilines is 2. The van der Waals surface area contributed by atoms with Crippen molar-refractivity contribution in [2.45, 2.75) is 57.0 Å². The van der Waals surface area contributed by atoms with Crippen LogP contribution >= 0.6 is 11.3 Å². The van der Waals surface area contributed by atoms with Crippen molar-refractivity contribution in [2.75, 3.05) is 17.7 Å². The molecule has 1 amide bonds. The summed E-state index contributed by atoms with van der Waals surface area (Å²) in [6, 6.07) is 4.57. The smallest absolute Gasteiger partial charge is 0.406 e. The van der Waals surface area contributed by atoms with Crippen LogP contribution in [0.3, 0.4) is 0 Å². The molecule has 0 unspecified atom stereocenters. The van der Waals surface area contributed by atoms with Crippen molar-refractivity contribution in [3.05, 3.63) is 53.1 Å². The van der Waals surface area contributed by atoms with E-state index in [1.807, 2.05) is 6.92 Å². The molecule has 0 radical (unpaired) electrons. The van der Waals surface area contributed by atoms with Crippen LogP contribution in [0.2, 0.25) is 0 Å². The molecule has 2 heterocycles. The number of benzene rings is 1. The van der Waals surface area contributed by atoms with Gasteiger partial charge in [-0.3, -0.25) is 10.1 Å². The second-order valence-electron chi connectivity index (χ2n) is 8.60. The lowest BCUT2D eigenvalue weighted by Gasteiger charge is -2.28. The summed E-state index contributed by atoms with van der Waals surface area (Å²) in [5.74, 6) is -2.08. The second kappa shape index (κ2) is 11.3. The third kappa shape index (κ3) is 7.10. The van der Waals surface area contributed by atoms with Crippen molar-refractivity contribution in [3.63, 3.8) is 0 Å². The van der Waals surface area contributed by atoms with Crippen molar-refractivity contribution >= 4 is 27.5 Å². The quantitative estimate of drug-likeness (QED) is 0.378. The van der Waals surface area contributed by atoms with Gasteiger partial charge in [-0.25, -0.2) is 4.39 Å². The van der Waals surface area contributed by atoms with Crippen LogP contribution in [-0.4, -0.2) is 45.8 Å². The third-order valence-corrected chi connectivity index (χ3v) is 6.67. The fraction of sp³-hybridized carbons (Fsp3) is 0.435. The van der Waals surface area contributed by atoms with Crippen LogP contribution in [-0.2, 0) is 9.53 Å². The average molecular weight is 541 g/mol. The topological polar surface area (TPSA) is 111 Å². The van der Waals surface area contributed by atoms with E-state index in [1.54, 1.807) is 6.20 Å². The standard InChI is InChI=1S/C23H24F4N6O3S/c1-12-9-18(31-28-11-12)13-3-5-14(6-4-13)29-21-32-33-22(37-21)30-20(34)19(35-2)16-10-15(7-8-17(16)24)36-23(25,26)27/h7-11,13-14,19H,3-6H2,1-2H3,(H,29,32)(H,30,33,34)/t13-,14-,19-/m1/s1. The summed E-state index contributed by atoms with van der Waals surface area (Å²) in [5, 5.41) is 22.7. The number of carbonyl (C=O) groups is 1. The fourth-order valence-electron chi connectivity index (χ4n) is 4.19. The Morgan fingerprint density at radius 2 is 1.84 bits per heavy atom. The molecule has 9 nitrogen and oxygen atoms in total. The largest absolute Gasteiger partial charge is 0.573 e.